The number of rotatable bonds is 7. The number of nitrogens with zero attached hydrogens (tertiary/aromatic N) is 2. The average Bonchev–Trinajstić information content (AvgIpc) is 2.97. The third-order valence-electron chi connectivity index (χ3n) is 4.59. The molecule has 0 atom stereocenters. The molecule has 2 N–H and O–H groups in total. The highest BCUT2D eigenvalue weighted by molar-refractivity contribution is 6.24. The van der Waals surface area contributed by atoms with Crippen molar-refractivity contribution in [3.05, 3.63) is 69.3 Å². The number of anilines is 1. The van der Waals surface area contributed by atoms with Crippen LogP contribution in [0.15, 0.2) is 42.5 Å². The summed E-state index contributed by atoms with van der Waals surface area (Å²) in [7, 11) is 0. The molecule has 2 aromatic carbocycles. The number of amides is 4. The van der Waals surface area contributed by atoms with Gasteiger partial charge >= 0.3 is 0 Å². The highest BCUT2D eigenvalue weighted by Gasteiger charge is 2.41. The quantitative estimate of drug-likeness (QED) is 0.397. The number of hydrogen-bond donors (Lipinski definition) is 2. The molecule has 0 aliphatic carbocycles. The minimum atomic E-state index is -0.912. The molecule has 1 aliphatic rings. The molecule has 0 spiro atoms. The Balaban J connectivity index is 1.76. The molecule has 0 radical (unpaired) electrons. The maximum absolute atomic E-state index is 12.6. The predicted octanol–water partition coefficient (Wildman–Crippen LogP) is 2.22. The number of nitrogens with one attached hydrogen (secondary N) is 2. The monoisotopic (exact) mass is 424 g/mol. The van der Waals surface area contributed by atoms with Gasteiger partial charge in [0.1, 0.15) is 12.1 Å². The number of nitro benzene ring substituents is 1. The molecular formula is C21H20N4O6. The average molecular weight is 424 g/mol. The summed E-state index contributed by atoms with van der Waals surface area (Å²) in [6, 6.07) is 10.1. The van der Waals surface area contributed by atoms with E-state index in [0.717, 1.165) is 6.07 Å². The normalized spacial score (nSPS) is 12.7. The lowest BCUT2D eigenvalue weighted by atomic mass is 10.1. The summed E-state index contributed by atoms with van der Waals surface area (Å²) in [5, 5.41) is 16.5. The van der Waals surface area contributed by atoms with Gasteiger partial charge < -0.3 is 10.6 Å². The summed E-state index contributed by atoms with van der Waals surface area (Å²) in [6.45, 7) is 3.70. The third kappa shape index (κ3) is 4.42. The minimum Gasteiger partial charge on any atom is -0.352 e. The Kier molecular flexibility index (Phi) is 6.10. The fraction of sp³-hybridized carbons (Fsp3) is 0.238. The standard InChI is InChI=1S/C21H20N4O6/c1-12(2)10-22-19(27)13-6-3-4-8-15(13)23-17(26)11-24-20(28)14-7-5-9-16(25(30)31)18(14)21(24)29/h3-9,12H,10-11H2,1-2H3,(H,22,27)(H,23,26). The van der Waals surface area contributed by atoms with Gasteiger partial charge in [-0.15, -0.1) is 0 Å². The first-order valence-corrected chi connectivity index (χ1v) is 9.51. The number of carbonyl (C=O) groups is 4. The molecule has 4 amide bonds. The van der Waals surface area contributed by atoms with Gasteiger partial charge in [0.2, 0.25) is 5.91 Å². The van der Waals surface area contributed by atoms with Crippen LogP contribution in [0, 0.1) is 16.0 Å². The molecule has 1 heterocycles. The van der Waals surface area contributed by atoms with Crippen LogP contribution in [-0.2, 0) is 4.79 Å². The first kappa shape index (κ1) is 21.6. The van der Waals surface area contributed by atoms with E-state index < -0.39 is 34.9 Å². The number of imide groups is 1. The lowest BCUT2D eigenvalue weighted by Crippen LogP contribution is -2.37. The first-order valence-electron chi connectivity index (χ1n) is 9.51. The van der Waals surface area contributed by atoms with Gasteiger partial charge in [-0.1, -0.05) is 32.0 Å². The number of nitro groups is 1. The van der Waals surface area contributed by atoms with E-state index in [4.69, 9.17) is 0 Å². The minimum absolute atomic E-state index is 0.125. The molecular weight excluding hydrogens is 404 g/mol. The van der Waals surface area contributed by atoms with Gasteiger partial charge in [0.25, 0.3) is 23.4 Å². The van der Waals surface area contributed by atoms with Crippen LogP contribution in [0.5, 0.6) is 0 Å². The molecule has 2 aromatic rings. The van der Waals surface area contributed by atoms with Crippen LogP contribution in [0.25, 0.3) is 0 Å². The van der Waals surface area contributed by atoms with Crippen molar-refractivity contribution in [3.63, 3.8) is 0 Å². The zero-order valence-corrected chi connectivity index (χ0v) is 16.9. The topological polar surface area (TPSA) is 139 Å². The van der Waals surface area contributed by atoms with E-state index in [2.05, 4.69) is 10.6 Å². The van der Waals surface area contributed by atoms with E-state index in [1.807, 2.05) is 13.8 Å². The second-order valence-electron chi connectivity index (χ2n) is 7.35. The highest BCUT2D eigenvalue weighted by Crippen LogP contribution is 2.30. The van der Waals surface area contributed by atoms with Crippen molar-refractivity contribution in [2.24, 2.45) is 5.92 Å². The number of para-hydroxylation sites is 1. The molecule has 0 aromatic heterocycles. The summed E-state index contributed by atoms with van der Waals surface area (Å²) in [5.41, 5.74) is -0.504. The van der Waals surface area contributed by atoms with Crippen molar-refractivity contribution in [1.29, 1.82) is 0 Å². The Labute approximate surface area is 177 Å². The molecule has 0 unspecified atom stereocenters. The molecule has 0 saturated carbocycles. The fourth-order valence-electron chi connectivity index (χ4n) is 3.13. The number of hydrogen-bond acceptors (Lipinski definition) is 6. The predicted molar refractivity (Wildman–Crippen MR) is 111 cm³/mol. The summed E-state index contributed by atoms with van der Waals surface area (Å²) < 4.78 is 0. The Hall–Kier alpha value is -4.08. The van der Waals surface area contributed by atoms with Crippen LogP contribution < -0.4 is 10.6 Å². The summed E-state index contributed by atoms with van der Waals surface area (Å²) >= 11 is 0. The van der Waals surface area contributed by atoms with Gasteiger partial charge in [-0.2, -0.15) is 0 Å². The van der Waals surface area contributed by atoms with Crippen molar-refractivity contribution in [3.8, 4) is 0 Å². The number of carbonyl (C=O) groups excluding carboxylic acids is 4. The van der Waals surface area contributed by atoms with Crippen LogP contribution in [-0.4, -0.2) is 46.5 Å². The van der Waals surface area contributed by atoms with Crippen LogP contribution in [0.2, 0.25) is 0 Å². The van der Waals surface area contributed by atoms with Gasteiger partial charge in [0.05, 0.1) is 21.7 Å². The molecule has 3 rings (SSSR count). The van der Waals surface area contributed by atoms with E-state index in [0.29, 0.717) is 11.4 Å². The van der Waals surface area contributed by atoms with Crippen molar-refractivity contribution >= 4 is 35.0 Å². The number of benzene rings is 2. The lowest BCUT2D eigenvalue weighted by Gasteiger charge is -2.15. The molecule has 10 heteroatoms. The van der Waals surface area contributed by atoms with Crippen LogP contribution in [0.4, 0.5) is 11.4 Å². The Morgan fingerprint density at radius 2 is 1.77 bits per heavy atom. The Morgan fingerprint density at radius 1 is 1.06 bits per heavy atom. The zero-order valence-electron chi connectivity index (χ0n) is 16.9. The van der Waals surface area contributed by atoms with Gasteiger partial charge in [0, 0.05) is 12.6 Å². The van der Waals surface area contributed by atoms with Crippen molar-refractivity contribution < 1.29 is 24.1 Å². The molecule has 1 aliphatic heterocycles. The second kappa shape index (κ2) is 8.74. The molecule has 10 nitrogen and oxygen atoms in total. The summed E-state index contributed by atoms with van der Waals surface area (Å²) in [6.07, 6.45) is 0. The van der Waals surface area contributed by atoms with Crippen LogP contribution >= 0.6 is 0 Å². The van der Waals surface area contributed by atoms with Crippen LogP contribution in [0.1, 0.15) is 44.9 Å². The van der Waals surface area contributed by atoms with Gasteiger partial charge in [-0.3, -0.25) is 34.2 Å². The van der Waals surface area contributed by atoms with E-state index in [1.54, 1.807) is 12.1 Å². The zero-order chi connectivity index (χ0) is 22.7. The molecule has 31 heavy (non-hydrogen) atoms. The van der Waals surface area contributed by atoms with E-state index >= 15 is 0 Å². The van der Waals surface area contributed by atoms with E-state index in [-0.39, 0.29) is 34.2 Å². The second-order valence-corrected chi connectivity index (χ2v) is 7.35. The van der Waals surface area contributed by atoms with Crippen molar-refractivity contribution in [2.45, 2.75) is 13.8 Å². The largest absolute Gasteiger partial charge is 0.352 e. The Morgan fingerprint density at radius 3 is 2.45 bits per heavy atom. The lowest BCUT2D eigenvalue weighted by molar-refractivity contribution is -0.385. The first-order chi connectivity index (χ1) is 14.7. The SMILES string of the molecule is CC(C)CNC(=O)c1ccccc1NC(=O)CN1C(=O)c2cccc([N+](=O)[O-])c2C1=O. The maximum atomic E-state index is 12.6. The Bertz CT molecular complexity index is 1100. The van der Waals surface area contributed by atoms with Crippen molar-refractivity contribution in [1.82, 2.24) is 10.2 Å². The summed E-state index contributed by atoms with van der Waals surface area (Å²) in [5.74, 6) is -2.56. The maximum Gasteiger partial charge on any atom is 0.282 e. The van der Waals surface area contributed by atoms with Gasteiger partial charge in [-0.05, 0) is 24.1 Å². The molecule has 0 bridgehead atoms. The summed E-state index contributed by atoms with van der Waals surface area (Å²) in [4.78, 5) is 61.2. The van der Waals surface area contributed by atoms with E-state index in [1.165, 1.54) is 24.3 Å². The third-order valence-corrected chi connectivity index (χ3v) is 4.59. The molecule has 0 fully saturated rings. The molecule has 160 valence electrons. The smallest absolute Gasteiger partial charge is 0.282 e. The highest BCUT2D eigenvalue weighted by atomic mass is 16.6. The molecule has 0 saturated heterocycles. The van der Waals surface area contributed by atoms with Crippen LogP contribution in [0.3, 0.4) is 0 Å². The van der Waals surface area contributed by atoms with Gasteiger partial charge in [0.15, 0.2) is 0 Å². The fourth-order valence-corrected chi connectivity index (χ4v) is 3.13. The van der Waals surface area contributed by atoms with Gasteiger partial charge in [-0.25, -0.2) is 0 Å². The van der Waals surface area contributed by atoms with E-state index in [9.17, 15) is 29.3 Å². The number of fused-ring (bicyclic) bond motifs is 1. The van der Waals surface area contributed by atoms with Crippen molar-refractivity contribution in [2.75, 3.05) is 18.4 Å².